The van der Waals surface area contributed by atoms with Crippen molar-refractivity contribution in [2.75, 3.05) is 0 Å². The summed E-state index contributed by atoms with van der Waals surface area (Å²) in [5.74, 6) is 4.56. The number of Topliss-reactive ketones (excluding diaryl/α,β-unsaturated/α-hetero) is 1. The summed E-state index contributed by atoms with van der Waals surface area (Å²) in [7, 11) is 0. The van der Waals surface area contributed by atoms with Crippen LogP contribution in [0, 0.1) is 52.8 Å². The minimum absolute atomic E-state index is 0.173. The molecular formula is C27H46N4O. The van der Waals surface area contributed by atoms with Crippen LogP contribution in [0.25, 0.3) is 0 Å². The molecule has 1 aromatic heterocycles. The summed E-state index contributed by atoms with van der Waals surface area (Å²) in [5, 5.41) is 11.7. The first-order valence-electron chi connectivity index (χ1n) is 13.4. The fourth-order valence-electron chi connectivity index (χ4n) is 9.12. The minimum atomic E-state index is 0.173. The van der Waals surface area contributed by atoms with Crippen LogP contribution in [0.4, 0.5) is 0 Å². The van der Waals surface area contributed by atoms with E-state index in [2.05, 4.69) is 43.2 Å². The number of tetrazole rings is 1. The summed E-state index contributed by atoms with van der Waals surface area (Å²) in [4.78, 5) is 13.3. The molecule has 1 heterocycles. The van der Waals surface area contributed by atoms with Gasteiger partial charge in [0.05, 0.1) is 0 Å². The number of nitrogens with zero attached hydrogens (tertiary/aromatic N) is 4. The lowest BCUT2D eigenvalue weighted by atomic mass is 9.40. The van der Waals surface area contributed by atoms with Gasteiger partial charge in [0.1, 0.15) is 12.4 Å². The van der Waals surface area contributed by atoms with Crippen LogP contribution in [0.3, 0.4) is 0 Å². The molecule has 0 aliphatic heterocycles. The number of aryl methyl sites for hydroxylation is 1. The number of ketones is 1. The fraction of sp³-hybridized carbons (Fsp3) is 0.926. The standard InChI is InChI=1S/C25H40N4O.C2H6/c1-16-8-13-25(5)20-10-12-24(4)19(18(20)9-11-23(25,3)14-16)6-7-21(24)22(30)15-29-17(2)26-27-28-29;1-2/h16,18-21H,6-15H2,1-5H3;1-2H3. The van der Waals surface area contributed by atoms with Gasteiger partial charge >= 0.3 is 0 Å². The molecule has 4 saturated carbocycles. The Labute approximate surface area is 195 Å². The highest BCUT2D eigenvalue weighted by molar-refractivity contribution is 5.82. The Balaban J connectivity index is 0.00000119. The van der Waals surface area contributed by atoms with Gasteiger partial charge in [0.15, 0.2) is 5.78 Å². The topological polar surface area (TPSA) is 60.7 Å². The Morgan fingerprint density at radius 2 is 1.75 bits per heavy atom. The highest BCUT2D eigenvalue weighted by atomic mass is 16.1. The van der Waals surface area contributed by atoms with Gasteiger partial charge in [0.25, 0.3) is 0 Å². The van der Waals surface area contributed by atoms with E-state index in [1.165, 1.54) is 51.4 Å². The van der Waals surface area contributed by atoms with Gasteiger partial charge in [0.2, 0.25) is 0 Å². The highest BCUT2D eigenvalue weighted by Crippen LogP contribution is 2.71. The number of hydrogen-bond donors (Lipinski definition) is 0. The van der Waals surface area contributed by atoms with E-state index < -0.39 is 0 Å². The summed E-state index contributed by atoms with van der Waals surface area (Å²) in [6.07, 6.45) is 11.9. The third kappa shape index (κ3) is 3.48. The van der Waals surface area contributed by atoms with Crippen LogP contribution in [0.2, 0.25) is 0 Å². The minimum Gasteiger partial charge on any atom is -0.297 e. The lowest BCUT2D eigenvalue weighted by Gasteiger charge is -2.65. The molecule has 5 nitrogen and oxygen atoms in total. The summed E-state index contributed by atoms with van der Waals surface area (Å²) in [6.45, 7) is 16.4. The number of aromatic nitrogens is 4. The van der Waals surface area contributed by atoms with Gasteiger partial charge in [-0.15, -0.1) is 5.10 Å². The molecule has 0 spiro atoms. The summed E-state index contributed by atoms with van der Waals surface area (Å²) >= 11 is 0. The third-order valence-electron chi connectivity index (χ3n) is 11.0. The lowest BCUT2D eigenvalue weighted by Crippen LogP contribution is -2.57. The zero-order valence-electron chi connectivity index (χ0n) is 21.7. The molecule has 0 bridgehead atoms. The molecule has 4 aliphatic carbocycles. The summed E-state index contributed by atoms with van der Waals surface area (Å²) in [5.41, 5.74) is 1.19. The van der Waals surface area contributed by atoms with Crippen molar-refractivity contribution in [2.24, 2.45) is 45.8 Å². The molecule has 8 atom stereocenters. The Morgan fingerprint density at radius 1 is 1.00 bits per heavy atom. The molecule has 1 aromatic rings. The maximum Gasteiger partial charge on any atom is 0.158 e. The van der Waals surface area contributed by atoms with E-state index in [1.54, 1.807) is 4.68 Å². The number of carbonyl (C=O) groups excluding carboxylic acids is 1. The average Bonchev–Trinajstić information content (AvgIpc) is 3.33. The molecule has 0 N–H and O–H groups in total. The van der Waals surface area contributed by atoms with Gasteiger partial charge in [-0.25, -0.2) is 4.68 Å². The van der Waals surface area contributed by atoms with Crippen LogP contribution < -0.4 is 0 Å². The Hall–Kier alpha value is -1.26. The summed E-state index contributed by atoms with van der Waals surface area (Å²) in [6, 6.07) is 0. The van der Waals surface area contributed by atoms with Gasteiger partial charge in [-0.1, -0.05) is 48.0 Å². The van der Waals surface area contributed by atoms with Crippen molar-refractivity contribution in [2.45, 2.75) is 113 Å². The Morgan fingerprint density at radius 3 is 2.44 bits per heavy atom. The van der Waals surface area contributed by atoms with E-state index >= 15 is 0 Å². The number of fused-ring (bicyclic) bond motifs is 5. The van der Waals surface area contributed by atoms with Crippen LogP contribution in [-0.4, -0.2) is 26.0 Å². The number of carbonyl (C=O) groups is 1. The van der Waals surface area contributed by atoms with E-state index in [4.69, 9.17) is 0 Å². The molecule has 4 aliphatic rings. The van der Waals surface area contributed by atoms with Crippen molar-refractivity contribution >= 4 is 5.78 Å². The molecule has 5 rings (SSSR count). The molecule has 180 valence electrons. The van der Waals surface area contributed by atoms with Gasteiger partial charge < -0.3 is 0 Å². The normalized spacial score (nSPS) is 45.2. The van der Waals surface area contributed by atoms with Crippen molar-refractivity contribution in [1.29, 1.82) is 0 Å². The predicted octanol–water partition coefficient (Wildman–Crippen LogP) is 6.26. The molecule has 4 fully saturated rings. The fourth-order valence-corrected chi connectivity index (χ4v) is 9.12. The van der Waals surface area contributed by atoms with Crippen molar-refractivity contribution in [1.82, 2.24) is 20.2 Å². The molecular weight excluding hydrogens is 396 g/mol. The third-order valence-corrected chi connectivity index (χ3v) is 11.0. The summed E-state index contributed by atoms with van der Waals surface area (Å²) < 4.78 is 1.68. The molecule has 0 amide bonds. The SMILES string of the molecule is CC.Cc1nnnn1CC(=O)C1CCC2C3CCC4(C)CC(C)CCC4(C)C3CCC12C. The van der Waals surface area contributed by atoms with Gasteiger partial charge in [-0.2, -0.15) is 0 Å². The molecule has 8 unspecified atom stereocenters. The molecule has 0 aromatic carbocycles. The molecule has 5 heteroatoms. The number of hydrogen-bond acceptors (Lipinski definition) is 4. The van der Waals surface area contributed by atoms with E-state index in [0.717, 1.165) is 35.9 Å². The van der Waals surface area contributed by atoms with E-state index in [0.29, 0.717) is 23.2 Å². The molecule has 0 saturated heterocycles. The van der Waals surface area contributed by atoms with Gasteiger partial charge in [-0.05, 0) is 109 Å². The lowest BCUT2D eigenvalue weighted by molar-refractivity contribution is -0.162. The first kappa shape index (κ1) is 23.9. The van der Waals surface area contributed by atoms with Crippen LogP contribution >= 0.6 is 0 Å². The predicted molar refractivity (Wildman–Crippen MR) is 128 cm³/mol. The quantitative estimate of drug-likeness (QED) is 0.554. The average molecular weight is 443 g/mol. The Kier molecular flexibility index (Phi) is 6.35. The molecule has 32 heavy (non-hydrogen) atoms. The van der Waals surface area contributed by atoms with Crippen molar-refractivity contribution in [3.63, 3.8) is 0 Å². The first-order chi connectivity index (χ1) is 15.2. The smallest absolute Gasteiger partial charge is 0.158 e. The van der Waals surface area contributed by atoms with E-state index in [-0.39, 0.29) is 11.3 Å². The van der Waals surface area contributed by atoms with Crippen LogP contribution in [-0.2, 0) is 11.3 Å². The van der Waals surface area contributed by atoms with Crippen molar-refractivity contribution < 1.29 is 4.79 Å². The second-order valence-electron chi connectivity index (χ2n) is 12.3. The van der Waals surface area contributed by atoms with Crippen molar-refractivity contribution in [3.05, 3.63) is 5.82 Å². The second kappa shape index (κ2) is 8.51. The van der Waals surface area contributed by atoms with Crippen LogP contribution in [0.15, 0.2) is 0 Å². The Bertz CT molecular complexity index is 835. The van der Waals surface area contributed by atoms with E-state index in [9.17, 15) is 4.79 Å². The first-order valence-corrected chi connectivity index (χ1v) is 13.4. The van der Waals surface area contributed by atoms with Crippen LogP contribution in [0.5, 0.6) is 0 Å². The van der Waals surface area contributed by atoms with Crippen molar-refractivity contribution in [3.8, 4) is 0 Å². The zero-order chi connectivity index (χ0) is 23.3. The zero-order valence-corrected chi connectivity index (χ0v) is 21.7. The largest absolute Gasteiger partial charge is 0.297 e. The number of rotatable bonds is 3. The van der Waals surface area contributed by atoms with Gasteiger partial charge in [-0.3, -0.25) is 4.79 Å². The monoisotopic (exact) mass is 442 g/mol. The van der Waals surface area contributed by atoms with E-state index in [1.807, 2.05) is 20.8 Å². The van der Waals surface area contributed by atoms with Gasteiger partial charge in [0, 0.05) is 5.92 Å². The maximum atomic E-state index is 13.3. The molecule has 0 radical (unpaired) electrons. The maximum absolute atomic E-state index is 13.3. The highest BCUT2D eigenvalue weighted by Gasteiger charge is 2.63. The van der Waals surface area contributed by atoms with Crippen LogP contribution in [0.1, 0.15) is 105 Å². The second-order valence-corrected chi connectivity index (χ2v) is 12.3.